The molecule has 9 nitrogen and oxygen atoms in total. The Morgan fingerprint density at radius 3 is 2.68 bits per heavy atom. The number of hydroxylamine groups is 2. The predicted molar refractivity (Wildman–Crippen MR) is 101 cm³/mol. The van der Waals surface area contributed by atoms with E-state index >= 15 is 0 Å². The van der Waals surface area contributed by atoms with Crippen LogP contribution in [-0.4, -0.2) is 85.9 Å². The van der Waals surface area contributed by atoms with Gasteiger partial charge in [-0.2, -0.15) is 11.8 Å². The zero-order valence-electron chi connectivity index (χ0n) is 16.3. The lowest BCUT2D eigenvalue weighted by molar-refractivity contribution is -0.176. The predicted octanol–water partition coefficient (Wildman–Crippen LogP) is 0.282. The summed E-state index contributed by atoms with van der Waals surface area (Å²) in [7, 11) is 1.31. The van der Waals surface area contributed by atoms with Crippen molar-refractivity contribution in [2.45, 2.75) is 69.5 Å². The van der Waals surface area contributed by atoms with Crippen molar-refractivity contribution in [1.82, 2.24) is 5.06 Å². The third kappa shape index (κ3) is 4.46. The second-order valence-electron chi connectivity index (χ2n) is 7.23. The van der Waals surface area contributed by atoms with Crippen molar-refractivity contribution >= 4 is 23.6 Å². The highest BCUT2D eigenvalue weighted by Gasteiger charge is 2.56. The van der Waals surface area contributed by atoms with Gasteiger partial charge < -0.3 is 25.2 Å². The Morgan fingerprint density at radius 2 is 2.11 bits per heavy atom. The van der Waals surface area contributed by atoms with Crippen LogP contribution in [0.25, 0.3) is 0 Å². The van der Waals surface area contributed by atoms with E-state index in [1.807, 2.05) is 0 Å². The molecule has 0 radical (unpaired) electrons. The summed E-state index contributed by atoms with van der Waals surface area (Å²) in [6.45, 7) is 3.51. The molecule has 0 aliphatic carbocycles. The number of nitrogens with zero attached hydrogens (tertiary/aromatic N) is 1. The van der Waals surface area contributed by atoms with Crippen LogP contribution in [0.3, 0.4) is 0 Å². The maximum Gasteiger partial charge on any atom is 0.333 e. The quantitative estimate of drug-likeness (QED) is 0.368. The number of carboxylic acid groups (broad SMARTS) is 1. The number of unbranched alkanes of at least 4 members (excludes halogenated alkanes) is 2. The van der Waals surface area contributed by atoms with Crippen LogP contribution in [-0.2, 0) is 19.2 Å². The zero-order chi connectivity index (χ0) is 21.1. The average Bonchev–Trinajstić information content (AvgIpc) is 2.90. The van der Waals surface area contributed by atoms with E-state index in [0.29, 0.717) is 6.42 Å². The van der Waals surface area contributed by atoms with Gasteiger partial charge in [-0.25, -0.2) is 9.86 Å². The number of carbonyl (C=O) groups is 2. The SMILES string of the molecule is CCCCC[C@@H]1OC2=C(C(=O)N(OC)[C@H]2CSC[C@H](O)C(=O)O)[C@@H](O)[C@@]1(C)O. The number of carbonyl (C=O) groups excluding carboxylic acids is 1. The molecule has 0 saturated heterocycles. The molecule has 1 amide bonds. The van der Waals surface area contributed by atoms with E-state index in [4.69, 9.17) is 14.7 Å². The molecular formula is C18H29NO8S. The van der Waals surface area contributed by atoms with Crippen LogP contribution in [0, 0.1) is 0 Å². The normalized spacial score (nSPS) is 31.0. The van der Waals surface area contributed by atoms with E-state index in [1.165, 1.54) is 14.0 Å². The first kappa shape index (κ1) is 23.0. The summed E-state index contributed by atoms with van der Waals surface area (Å²) < 4.78 is 6.00. The van der Waals surface area contributed by atoms with Crippen molar-refractivity contribution in [2.75, 3.05) is 18.6 Å². The van der Waals surface area contributed by atoms with Crippen LogP contribution in [0.5, 0.6) is 0 Å². The molecule has 2 aliphatic rings. The summed E-state index contributed by atoms with van der Waals surface area (Å²) in [4.78, 5) is 28.6. The summed E-state index contributed by atoms with van der Waals surface area (Å²) in [5, 5.41) is 40.8. The number of ether oxygens (including phenoxy) is 1. The minimum atomic E-state index is -1.62. The lowest BCUT2D eigenvalue weighted by Gasteiger charge is -2.41. The molecule has 0 unspecified atom stereocenters. The van der Waals surface area contributed by atoms with E-state index in [0.717, 1.165) is 36.1 Å². The molecule has 2 rings (SSSR count). The van der Waals surface area contributed by atoms with Crippen molar-refractivity contribution in [3.05, 3.63) is 11.3 Å². The highest BCUT2D eigenvalue weighted by Crippen LogP contribution is 2.42. The van der Waals surface area contributed by atoms with Crippen molar-refractivity contribution in [1.29, 1.82) is 0 Å². The van der Waals surface area contributed by atoms with Gasteiger partial charge in [0.15, 0.2) is 6.10 Å². The van der Waals surface area contributed by atoms with Gasteiger partial charge in [0.2, 0.25) is 0 Å². The Hall–Kier alpha value is -1.33. The van der Waals surface area contributed by atoms with Crippen molar-refractivity contribution in [3.63, 3.8) is 0 Å². The highest BCUT2D eigenvalue weighted by molar-refractivity contribution is 7.99. The average molecular weight is 419 g/mol. The van der Waals surface area contributed by atoms with E-state index in [-0.39, 0.29) is 22.8 Å². The lowest BCUT2D eigenvalue weighted by Crippen LogP contribution is -2.55. The van der Waals surface area contributed by atoms with Gasteiger partial charge in [-0.15, -0.1) is 0 Å². The molecule has 5 atom stereocenters. The number of thioether (sulfide) groups is 1. The van der Waals surface area contributed by atoms with Gasteiger partial charge in [-0.05, 0) is 19.8 Å². The first-order valence-corrected chi connectivity index (χ1v) is 10.5. The number of hydrogen-bond donors (Lipinski definition) is 4. The molecule has 160 valence electrons. The van der Waals surface area contributed by atoms with Gasteiger partial charge in [0.1, 0.15) is 29.6 Å². The Bertz CT molecular complexity index is 623. The van der Waals surface area contributed by atoms with E-state index < -0.39 is 41.8 Å². The maximum absolute atomic E-state index is 12.7. The number of amides is 1. The standard InChI is InChI=1S/C18H29NO8S/c1-4-5-6-7-12-18(2,25)15(21)13-14(27-12)10(19(26-3)16(13)22)8-28-9-11(20)17(23)24/h10-12,15,20-21,25H,4-9H2,1-3H3,(H,23,24)/t10-,11-,12-,15+,18-/m0/s1. The Labute approximate surface area is 168 Å². The van der Waals surface area contributed by atoms with Crippen molar-refractivity contribution in [2.24, 2.45) is 0 Å². The largest absolute Gasteiger partial charge is 0.489 e. The number of aliphatic carboxylic acids is 1. The molecule has 28 heavy (non-hydrogen) atoms. The molecule has 0 aromatic carbocycles. The summed E-state index contributed by atoms with van der Waals surface area (Å²) in [5.74, 6) is -1.54. The number of carboxylic acids is 1. The first-order valence-electron chi connectivity index (χ1n) is 9.34. The molecule has 0 saturated carbocycles. The summed E-state index contributed by atoms with van der Waals surface area (Å²) in [5.41, 5.74) is -1.66. The summed E-state index contributed by atoms with van der Waals surface area (Å²) in [6, 6.07) is -0.682. The molecule has 4 N–H and O–H groups in total. The highest BCUT2D eigenvalue weighted by atomic mass is 32.2. The lowest BCUT2D eigenvalue weighted by atomic mass is 9.82. The minimum Gasteiger partial charge on any atom is -0.489 e. The fraction of sp³-hybridized carbons (Fsp3) is 0.778. The molecule has 10 heteroatoms. The number of aliphatic hydroxyl groups excluding tert-OH is 2. The van der Waals surface area contributed by atoms with E-state index in [2.05, 4.69) is 6.92 Å². The van der Waals surface area contributed by atoms with E-state index in [1.54, 1.807) is 0 Å². The smallest absolute Gasteiger partial charge is 0.333 e. The molecule has 0 bridgehead atoms. The molecule has 0 aromatic heterocycles. The Kier molecular flexibility index (Phi) is 7.74. The Morgan fingerprint density at radius 1 is 1.43 bits per heavy atom. The molecule has 2 heterocycles. The van der Waals surface area contributed by atoms with Crippen LogP contribution in [0.1, 0.15) is 39.5 Å². The fourth-order valence-corrected chi connectivity index (χ4v) is 4.45. The fourth-order valence-electron chi connectivity index (χ4n) is 3.43. The van der Waals surface area contributed by atoms with Gasteiger partial charge in [0.25, 0.3) is 5.91 Å². The van der Waals surface area contributed by atoms with Gasteiger partial charge in [0, 0.05) is 11.5 Å². The van der Waals surface area contributed by atoms with E-state index in [9.17, 15) is 24.9 Å². The molecule has 0 aromatic rings. The molecule has 0 spiro atoms. The maximum atomic E-state index is 12.7. The first-order chi connectivity index (χ1) is 13.2. The third-order valence-electron chi connectivity index (χ3n) is 5.13. The zero-order valence-corrected chi connectivity index (χ0v) is 17.1. The second-order valence-corrected chi connectivity index (χ2v) is 8.30. The van der Waals surface area contributed by atoms with Gasteiger partial charge in [0.05, 0.1) is 12.7 Å². The van der Waals surface area contributed by atoms with Crippen LogP contribution in [0.4, 0.5) is 0 Å². The molecule has 0 fully saturated rings. The number of rotatable bonds is 10. The minimum absolute atomic E-state index is 0.0389. The molecular weight excluding hydrogens is 390 g/mol. The summed E-state index contributed by atoms with van der Waals surface area (Å²) in [6.07, 6.45) is -0.360. The second kappa shape index (κ2) is 9.45. The summed E-state index contributed by atoms with van der Waals surface area (Å²) >= 11 is 1.12. The van der Waals surface area contributed by atoms with Gasteiger partial charge in [-0.1, -0.05) is 19.8 Å². The van der Waals surface area contributed by atoms with Crippen LogP contribution >= 0.6 is 11.8 Å². The molecule has 2 aliphatic heterocycles. The van der Waals surface area contributed by atoms with Gasteiger partial charge >= 0.3 is 5.97 Å². The number of aliphatic hydroxyl groups is 3. The number of hydrogen-bond acceptors (Lipinski definition) is 8. The van der Waals surface area contributed by atoms with Crippen molar-refractivity contribution < 1.29 is 39.6 Å². The Balaban J connectivity index is 2.21. The van der Waals surface area contributed by atoms with Crippen molar-refractivity contribution in [3.8, 4) is 0 Å². The van der Waals surface area contributed by atoms with Crippen LogP contribution in [0.2, 0.25) is 0 Å². The third-order valence-corrected chi connectivity index (χ3v) is 6.24. The topological polar surface area (TPSA) is 137 Å². The van der Waals surface area contributed by atoms with Gasteiger partial charge in [-0.3, -0.25) is 9.63 Å². The van der Waals surface area contributed by atoms with Crippen LogP contribution < -0.4 is 0 Å². The van der Waals surface area contributed by atoms with Crippen LogP contribution in [0.15, 0.2) is 11.3 Å². The monoisotopic (exact) mass is 419 g/mol.